The molecule has 1 aromatic heterocycles. The summed E-state index contributed by atoms with van der Waals surface area (Å²) in [4.78, 5) is 8.98. The summed E-state index contributed by atoms with van der Waals surface area (Å²) in [5.74, 6) is 1.46. The minimum Gasteiger partial charge on any atom is -0.354 e. The summed E-state index contributed by atoms with van der Waals surface area (Å²) in [5.41, 5.74) is 2.17. The first kappa shape index (κ1) is 13.1. The van der Waals surface area contributed by atoms with Crippen molar-refractivity contribution in [3.8, 4) is 0 Å². The lowest BCUT2D eigenvalue weighted by molar-refractivity contribution is 0.373. The van der Waals surface area contributed by atoms with E-state index in [-0.39, 0.29) is 0 Å². The molecule has 19 heavy (non-hydrogen) atoms. The van der Waals surface area contributed by atoms with E-state index in [1.165, 1.54) is 32.1 Å². The molecule has 104 valence electrons. The van der Waals surface area contributed by atoms with Crippen LogP contribution in [0.2, 0.25) is 5.15 Å². The summed E-state index contributed by atoms with van der Waals surface area (Å²) >= 11 is 6.25. The van der Waals surface area contributed by atoms with Crippen molar-refractivity contribution >= 4 is 17.5 Å². The van der Waals surface area contributed by atoms with Gasteiger partial charge in [-0.1, -0.05) is 30.9 Å². The number of halogens is 1. The van der Waals surface area contributed by atoms with E-state index < -0.39 is 0 Å². The maximum Gasteiger partial charge on any atom is 0.224 e. The predicted octanol–water partition coefficient (Wildman–Crippen LogP) is 2.77. The normalized spacial score (nSPS) is 20.1. The standard InChI is InChI=1S/C14H21ClN4/c15-13-11-6-7-16-9-12(11)18-14(19-13)17-8-10-4-2-1-3-5-10/h10,16H,1-9H2,(H,17,18,19). The zero-order valence-corrected chi connectivity index (χ0v) is 12.0. The topological polar surface area (TPSA) is 49.8 Å². The van der Waals surface area contributed by atoms with Crippen molar-refractivity contribution in [1.29, 1.82) is 0 Å². The van der Waals surface area contributed by atoms with Gasteiger partial charge in [-0.05, 0) is 31.7 Å². The van der Waals surface area contributed by atoms with E-state index in [1.54, 1.807) is 0 Å². The Morgan fingerprint density at radius 3 is 2.89 bits per heavy atom. The number of aromatic nitrogens is 2. The molecule has 2 aliphatic rings. The van der Waals surface area contributed by atoms with Gasteiger partial charge in [0.1, 0.15) is 5.15 Å². The van der Waals surface area contributed by atoms with Crippen LogP contribution in [0.4, 0.5) is 5.95 Å². The van der Waals surface area contributed by atoms with Crippen LogP contribution in [0.3, 0.4) is 0 Å². The Morgan fingerprint density at radius 2 is 2.05 bits per heavy atom. The van der Waals surface area contributed by atoms with Crippen LogP contribution < -0.4 is 10.6 Å². The molecule has 0 unspecified atom stereocenters. The third-order valence-electron chi connectivity index (χ3n) is 4.16. The first-order chi connectivity index (χ1) is 9.33. The molecule has 4 nitrogen and oxygen atoms in total. The van der Waals surface area contributed by atoms with Crippen LogP contribution >= 0.6 is 11.6 Å². The van der Waals surface area contributed by atoms with Gasteiger partial charge in [0.15, 0.2) is 0 Å². The van der Waals surface area contributed by atoms with Crippen LogP contribution in [-0.2, 0) is 13.0 Å². The number of hydrogen-bond acceptors (Lipinski definition) is 4. The highest BCUT2D eigenvalue weighted by molar-refractivity contribution is 6.30. The van der Waals surface area contributed by atoms with Gasteiger partial charge >= 0.3 is 0 Å². The van der Waals surface area contributed by atoms with E-state index >= 15 is 0 Å². The molecule has 3 rings (SSSR count). The molecular formula is C14H21ClN4. The van der Waals surface area contributed by atoms with E-state index in [0.29, 0.717) is 11.1 Å². The number of nitrogens with one attached hydrogen (secondary N) is 2. The highest BCUT2D eigenvalue weighted by Gasteiger charge is 2.17. The molecule has 0 aromatic carbocycles. The molecule has 1 aliphatic heterocycles. The van der Waals surface area contributed by atoms with Crippen molar-refractivity contribution in [3.63, 3.8) is 0 Å². The van der Waals surface area contributed by atoms with Crippen molar-refractivity contribution in [2.75, 3.05) is 18.4 Å². The Morgan fingerprint density at radius 1 is 1.21 bits per heavy atom. The molecule has 0 bridgehead atoms. The molecule has 2 N–H and O–H groups in total. The van der Waals surface area contributed by atoms with Gasteiger partial charge in [0, 0.05) is 18.7 Å². The van der Waals surface area contributed by atoms with Crippen LogP contribution in [0.5, 0.6) is 0 Å². The van der Waals surface area contributed by atoms with Crippen LogP contribution in [0.1, 0.15) is 43.4 Å². The van der Waals surface area contributed by atoms with E-state index in [0.717, 1.165) is 43.2 Å². The summed E-state index contributed by atoms with van der Waals surface area (Å²) in [5, 5.41) is 7.32. The Kier molecular flexibility index (Phi) is 4.18. The van der Waals surface area contributed by atoms with Crippen molar-refractivity contribution < 1.29 is 0 Å². The average Bonchev–Trinajstić information content (AvgIpc) is 2.46. The second-order valence-corrected chi connectivity index (χ2v) is 5.93. The summed E-state index contributed by atoms with van der Waals surface area (Å²) in [6.45, 7) is 2.74. The number of anilines is 1. The molecule has 1 aromatic rings. The zero-order chi connectivity index (χ0) is 13.1. The van der Waals surface area contributed by atoms with E-state index in [2.05, 4.69) is 20.6 Å². The third kappa shape index (κ3) is 3.18. The van der Waals surface area contributed by atoms with Gasteiger partial charge in [-0.25, -0.2) is 9.97 Å². The van der Waals surface area contributed by atoms with Crippen LogP contribution in [0.25, 0.3) is 0 Å². The van der Waals surface area contributed by atoms with E-state index in [9.17, 15) is 0 Å². The number of hydrogen-bond donors (Lipinski definition) is 2. The van der Waals surface area contributed by atoms with Gasteiger partial charge in [-0.15, -0.1) is 0 Å². The summed E-state index contributed by atoms with van der Waals surface area (Å²) < 4.78 is 0. The van der Waals surface area contributed by atoms with Gasteiger partial charge in [0.2, 0.25) is 5.95 Å². The molecule has 0 radical (unpaired) electrons. The van der Waals surface area contributed by atoms with Gasteiger partial charge in [0.25, 0.3) is 0 Å². The highest BCUT2D eigenvalue weighted by Crippen LogP contribution is 2.25. The van der Waals surface area contributed by atoms with Crippen LogP contribution in [-0.4, -0.2) is 23.1 Å². The molecule has 1 fully saturated rings. The quantitative estimate of drug-likeness (QED) is 0.836. The monoisotopic (exact) mass is 280 g/mol. The minimum absolute atomic E-state index is 0.623. The Balaban J connectivity index is 1.65. The summed E-state index contributed by atoms with van der Waals surface area (Å²) in [6.07, 6.45) is 7.70. The first-order valence-corrected chi connectivity index (χ1v) is 7.70. The fourth-order valence-corrected chi connectivity index (χ4v) is 3.30. The lowest BCUT2D eigenvalue weighted by atomic mass is 9.89. The van der Waals surface area contributed by atoms with Crippen LogP contribution in [0.15, 0.2) is 0 Å². The van der Waals surface area contributed by atoms with Crippen molar-refractivity contribution in [1.82, 2.24) is 15.3 Å². The van der Waals surface area contributed by atoms with Gasteiger partial charge in [0.05, 0.1) is 5.69 Å². The molecule has 1 aliphatic carbocycles. The minimum atomic E-state index is 0.623. The molecule has 1 saturated carbocycles. The second-order valence-electron chi connectivity index (χ2n) is 5.57. The van der Waals surface area contributed by atoms with Gasteiger partial charge < -0.3 is 10.6 Å². The summed E-state index contributed by atoms with van der Waals surface area (Å²) in [7, 11) is 0. The SMILES string of the molecule is Clc1nc(NCC2CCCCC2)nc2c1CCNC2. The smallest absolute Gasteiger partial charge is 0.224 e. The molecule has 0 amide bonds. The molecular weight excluding hydrogens is 260 g/mol. The van der Waals surface area contributed by atoms with E-state index in [4.69, 9.17) is 11.6 Å². The highest BCUT2D eigenvalue weighted by atomic mass is 35.5. The number of nitrogens with zero attached hydrogens (tertiary/aromatic N) is 2. The largest absolute Gasteiger partial charge is 0.354 e. The second kappa shape index (κ2) is 6.06. The number of rotatable bonds is 3. The lowest BCUT2D eigenvalue weighted by Gasteiger charge is -2.22. The van der Waals surface area contributed by atoms with Crippen molar-refractivity contribution in [2.45, 2.75) is 45.1 Å². The average molecular weight is 281 g/mol. The summed E-state index contributed by atoms with van der Waals surface area (Å²) in [6, 6.07) is 0. The van der Waals surface area contributed by atoms with Gasteiger partial charge in [-0.3, -0.25) is 0 Å². The fourth-order valence-electron chi connectivity index (χ4n) is 3.02. The third-order valence-corrected chi connectivity index (χ3v) is 4.47. The molecule has 0 spiro atoms. The van der Waals surface area contributed by atoms with Gasteiger partial charge in [-0.2, -0.15) is 0 Å². The Hall–Kier alpha value is -0.870. The molecule has 2 heterocycles. The molecule has 0 atom stereocenters. The number of fused-ring (bicyclic) bond motifs is 1. The molecule has 0 saturated heterocycles. The maximum absolute atomic E-state index is 6.25. The fraction of sp³-hybridized carbons (Fsp3) is 0.714. The zero-order valence-electron chi connectivity index (χ0n) is 11.2. The maximum atomic E-state index is 6.25. The predicted molar refractivity (Wildman–Crippen MR) is 77.5 cm³/mol. The lowest BCUT2D eigenvalue weighted by Crippen LogP contribution is -2.26. The van der Waals surface area contributed by atoms with Crippen molar-refractivity contribution in [2.24, 2.45) is 5.92 Å². The Labute approximate surface area is 119 Å². The first-order valence-electron chi connectivity index (χ1n) is 7.33. The van der Waals surface area contributed by atoms with Crippen LogP contribution in [0, 0.1) is 5.92 Å². The van der Waals surface area contributed by atoms with Crippen molar-refractivity contribution in [3.05, 3.63) is 16.4 Å². The van der Waals surface area contributed by atoms with E-state index in [1.807, 2.05) is 0 Å². The Bertz CT molecular complexity index is 443. The molecule has 5 heteroatoms.